The quantitative estimate of drug-likeness (QED) is 0.603. The second-order valence-electron chi connectivity index (χ2n) is 7.10. The van der Waals surface area contributed by atoms with Crippen LogP contribution in [0.3, 0.4) is 0 Å². The van der Waals surface area contributed by atoms with E-state index < -0.39 is 12.7 Å². The molecule has 4 rings (SSSR count). The number of aromatic nitrogens is 5. The number of alkyl halides is 3. The molecule has 0 spiro atoms. The highest BCUT2D eigenvalue weighted by atomic mass is 19.4. The zero-order valence-corrected chi connectivity index (χ0v) is 15.4. The summed E-state index contributed by atoms with van der Waals surface area (Å²) in [5.74, 6) is -0.00674. The van der Waals surface area contributed by atoms with Gasteiger partial charge in [0, 0.05) is 30.7 Å². The van der Waals surface area contributed by atoms with Gasteiger partial charge in [0.25, 0.3) is 5.91 Å². The van der Waals surface area contributed by atoms with Crippen LogP contribution in [0.1, 0.15) is 36.2 Å². The van der Waals surface area contributed by atoms with Gasteiger partial charge in [0.05, 0.1) is 17.6 Å². The highest BCUT2D eigenvalue weighted by Gasteiger charge is 2.30. The van der Waals surface area contributed by atoms with Crippen molar-refractivity contribution in [3.8, 4) is 5.95 Å². The SMILES string of the molecule is O=C(N[C@H]1CC[C@H](NCC(F)(F)F)CC1)c1nc(-n2ccnc2)nc2cc[nH]c12. The number of rotatable bonds is 5. The molecule has 0 unspecified atom stereocenters. The number of hydrogen-bond acceptors (Lipinski definition) is 5. The van der Waals surface area contributed by atoms with Crippen molar-refractivity contribution >= 4 is 16.9 Å². The Hall–Kier alpha value is -2.95. The van der Waals surface area contributed by atoms with Gasteiger partial charge in [-0.1, -0.05) is 0 Å². The topological polar surface area (TPSA) is 101 Å². The number of nitrogens with one attached hydrogen (secondary N) is 3. The van der Waals surface area contributed by atoms with E-state index in [2.05, 4.69) is 30.6 Å². The molecule has 8 nitrogen and oxygen atoms in total. The van der Waals surface area contributed by atoms with Gasteiger partial charge in [-0.2, -0.15) is 13.2 Å². The van der Waals surface area contributed by atoms with Gasteiger partial charge in [-0.05, 0) is 31.7 Å². The maximum absolute atomic E-state index is 12.9. The highest BCUT2D eigenvalue weighted by Crippen LogP contribution is 2.22. The van der Waals surface area contributed by atoms with Crippen molar-refractivity contribution in [1.82, 2.24) is 35.1 Å². The Morgan fingerprint density at radius 1 is 1.21 bits per heavy atom. The Balaban J connectivity index is 1.43. The lowest BCUT2D eigenvalue weighted by Crippen LogP contribution is -2.44. The van der Waals surface area contributed by atoms with E-state index in [4.69, 9.17) is 0 Å². The zero-order valence-electron chi connectivity index (χ0n) is 15.4. The van der Waals surface area contributed by atoms with Crippen LogP contribution in [0.15, 0.2) is 31.0 Å². The third kappa shape index (κ3) is 4.56. The van der Waals surface area contributed by atoms with Crippen molar-refractivity contribution in [2.45, 2.75) is 43.9 Å². The number of halogens is 3. The summed E-state index contributed by atoms with van der Waals surface area (Å²) in [7, 11) is 0. The maximum atomic E-state index is 12.9. The molecule has 3 aromatic heterocycles. The largest absolute Gasteiger partial charge is 0.401 e. The smallest absolute Gasteiger partial charge is 0.358 e. The molecule has 0 aromatic carbocycles. The highest BCUT2D eigenvalue weighted by molar-refractivity contribution is 6.03. The molecule has 1 saturated carbocycles. The molecular weight excluding hydrogens is 387 g/mol. The lowest BCUT2D eigenvalue weighted by Gasteiger charge is -2.30. The summed E-state index contributed by atoms with van der Waals surface area (Å²) in [6.45, 7) is -0.989. The van der Waals surface area contributed by atoms with Crippen LogP contribution >= 0.6 is 0 Å². The van der Waals surface area contributed by atoms with E-state index in [-0.39, 0.29) is 23.7 Å². The first kappa shape index (κ1) is 19.4. The molecule has 1 amide bonds. The van der Waals surface area contributed by atoms with Crippen LogP contribution in [-0.2, 0) is 0 Å². The van der Waals surface area contributed by atoms with Gasteiger partial charge in [-0.15, -0.1) is 0 Å². The molecule has 3 aromatic rings. The molecule has 3 heterocycles. The molecule has 29 heavy (non-hydrogen) atoms. The number of H-pyrrole nitrogens is 1. The van der Waals surface area contributed by atoms with Crippen LogP contribution in [0.2, 0.25) is 0 Å². The second kappa shape index (κ2) is 7.82. The zero-order chi connectivity index (χ0) is 20.4. The van der Waals surface area contributed by atoms with Crippen LogP contribution in [0.5, 0.6) is 0 Å². The third-order valence-corrected chi connectivity index (χ3v) is 5.00. The fraction of sp³-hybridized carbons (Fsp3) is 0.444. The molecule has 3 N–H and O–H groups in total. The number of carbonyl (C=O) groups excluding carboxylic acids is 1. The van der Waals surface area contributed by atoms with E-state index in [1.807, 2.05) is 0 Å². The van der Waals surface area contributed by atoms with Gasteiger partial charge in [0.15, 0.2) is 5.69 Å². The van der Waals surface area contributed by atoms with Gasteiger partial charge in [0.2, 0.25) is 5.95 Å². The van der Waals surface area contributed by atoms with Gasteiger partial charge < -0.3 is 15.6 Å². The van der Waals surface area contributed by atoms with E-state index in [0.717, 1.165) is 0 Å². The van der Waals surface area contributed by atoms with Crippen LogP contribution in [-0.4, -0.2) is 55.2 Å². The fourth-order valence-corrected chi connectivity index (χ4v) is 3.55. The molecule has 0 aliphatic heterocycles. The molecule has 154 valence electrons. The number of imidazole rings is 1. The molecule has 0 atom stereocenters. The monoisotopic (exact) mass is 407 g/mol. The Bertz CT molecular complexity index is 975. The number of amides is 1. The maximum Gasteiger partial charge on any atom is 0.401 e. The summed E-state index contributed by atoms with van der Waals surface area (Å²) >= 11 is 0. The summed E-state index contributed by atoms with van der Waals surface area (Å²) in [6.07, 6.45) is 4.65. The summed E-state index contributed by atoms with van der Waals surface area (Å²) < 4.78 is 38.6. The van der Waals surface area contributed by atoms with Crippen LogP contribution in [0, 0.1) is 0 Å². The lowest BCUT2D eigenvalue weighted by atomic mass is 9.91. The molecular formula is C18H20F3N7O. The predicted octanol–water partition coefficient (Wildman–Crippen LogP) is 2.34. The average molecular weight is 407 g/mol. The van der Waals surface area contributed by atoms with E-state index in [0.29, 0.717) is 42.7 Å². The van der Waals surface area contributed by atoms with Crippen molar-refractivity contribution in [2.24, 2.45) is 0 Å². The van der Waals surface area contributed by atoms with Crippen molar-refractivity contribution in [1.29, 1.82) is 0 Å². The van der Waals surface area contributed by atoms with Crippen LogP contribution in [0.4, 0.5) is 13.2 Å². The fourth-order valence-electron chi connectivity index (χ4n) is 3.55. The summed E-state index contributed by atoms with van der Waals surface area (Å²) in [4.78, 5) is 28.6. The first-order chi connectivity index (χ1) is 13.9. The minimum atomic E-state index is -4.22. The molecule has 11 heteroatoms. The van der Waals surface area contributed by atoms with Crippen LogP contribution in [0.25, 0.3) is 17.0 Å². The summed E-state index contributed by atoms with van der Waals surface area (Å²) in [6, 6.07) is 1.46. The summed E-state index contributed by atoms with van der Waals surface area (Å²) in [5, 5.41) is 5.50. The molecule has 0 bridgehead atoms. The standard InChI is InChI=1S/C18H20F3N7O/c19-18(20,21)9-24-11-1-3-12(4-2-11)25-16(29)15-14-13(5-6-23-14)26-17(27-15)28-8-7-22-10-28/h5-8,10-12,23-24H,1-4,9H2,(H,25,29)/t11-,12-. The molecule has 1 aliphatic rings. The summed E-state index contributed by atoms with van der Waals surface area (Å²) in [5.41, 5.74) is 1.36. The Morgan fingerprint density at radius 3 is 2.66 bits per heavy atom. The van der Waals surface area contributed by atoms with Crippen LogP contribution < -0.4 is 10.6 Å². The number of carbonyl (C=O) groups is 1. The third-order valence-electron chi connectivity index (χ3n) is 5.00. The molecule has 1 fully saturated rings. The minimum absolute atomic E-state index is 0.108. The van der Waals surface area contributed by atoms with E-state index in [1.165, 1.54) is 0 Å². The lowest BCUT2D eigenvalue weighted by molar-refractivity contribution is -0.126. The Morgan fingerprint density at radius 2 is 1.97 bits per heavy atom. The Labute approximate surface area is 163 Å². The molecule has 0 radical (unpaired) electrons. The first-order valence-electron chi connectivity index (χ1n) is 9.33. The number of aromatic amines is 1. The average Bonchev–Trinajstić information content (AvgIpc) is 3.37. The van der Waals surface area contributed by atoms with E-state index in [1.54, 1.807) is 35.6 Å². The number of nitrogens with zero attached hydrogens (tertiary/aromatic N) is 4. The van der Waals surface area contributed by atoms with Crippen molar-refractivity contribution in [3.63, 3.8) is 0 Å². The van der Waals surface area contributed by atoms with Gasteiger partial charge in [-0.25, -0.2) is 15.0 Å². The molecule has 1 aliphatic carbocycles. The predicted molar refractivity (Wildman–Crippen MR) is 98.6 cm³/mol. The van der Waals surface area contributed by atoms with E-state index in [9.17, 15) is 18.0 Å². The Kier molecular flexibility index (Phi) is 5.22. The van der Waals surface area contributed by atoms with Crippen molar-refractivity contribution in [3.05, 3.63) is 36.7 Å². The number of fused-ring (bicyclic) bond motifs is 1. The normalized spacial score (nSPS) is 20.1. The van der Waals surface area contributed by atoms with Crippen molar-refractivity contribution in [2.75, 3.05) is 6.54 Å². The first-order valence-corrected chi connectivity index (χ1v) is 9.33. The number of hydrogen-bond donors (Lipinski definition) is 3. The van der Waals surface area contributed by atoms with Gasteiger partial charge in [0.1, 0.15) is 6.33 Å². The van der Waals surface area contributed by atoms with Gasteiger partial charge >= 0.3 is 6.18 Å². The van der Waals surface area contributed by atoms with E-state index >= 15 is 0 Å². The molecule has 0 saturated heterocycles. The van der Waals surface area contributed by atoms with Gasteiger partial charge in [-0.3, -0.25) is 9.36 Å². The van der Waals surface area contributed by atoms with Crippen molar-refractivity contribution < 1.29 is 18.0 Å². The minimum Gasteiger partial charge on any atom is -0.358 e. The second-order valence-corrected chi connectivity index (χ2v) is 7.10.